The lowest BCUT2D eigenvalue weighted by Crippen LogP contribution is -2.36. The van der Waals surface area contributed by atoms with Gasteiger partial charge in [0, 0.05) is 23.5 Å². The van der Waals surface area contributed by atoms with Crippen molar-refractivity contribution in [1.29, 1.82) is 0 Å². The maximum Gasteiger partial charge on any atom is 0.227 e. The summed E-state index contributed by atoms with van der Waals surface area (Å²) in [5.74, 6) is 1.24. The van der Waals surface area contributed by atoms with Crippen molar-refractivity contribution in [3.05, 3.63) is 45.9 Å². The summed E-state index contributed by atoms with van der Waals surface area (Å²) in [5, 5.41) is 12.8. The minimum atomic E-state index is 0. The molecule has 166 valence electrons. The molecule has 1 aromatic heterocycles. The molecule has 3 N–H and O–H groups in total. The van der Waals surface area contributed by atoms with Crippen molar-refractivity contribution < 1.29 is 4.79 Å². The van der Waals surface area contributed by atoms with E-state index in [9.17, 15) is 4.79 Å². The van der Waals surface area contributed by atoms with Crippen LogP contribution in [0.4, 0.5) is 5.69 Å². The molecule has 2 rings (SSSR count). The highest BCUT2D eigenvalue weighted by Gasteiger charge is 2.10. The van der Waals surface area contributed by atoms with Gasteiger partial charge in [-0.3, -0.25) is 4.79 Å². The second-order valence-electron chi connectivity index (χ2n) is 7.37. The number of hydrogen-bond donors (Lipinski definition) is 3. The summed E-state index contributed by atoms with van der Waals surface area (Å²) in [5.41, 5.74) is 2.98. The number of benzene rings is 1. The number of rotatable bonds is 9. The number of carbonyl (C=O) groups is 1. The van der Waals surface area contributed by atoms with E-state index < -0.39 is 0 Å². The maximum absolute atomic E-state index is 12.1. The van der Waals surface area contributed by atoms with Gasteiger partial charge in [-0.05, 0) is 37.0 Å². The third-order valence-corrected chi connectivity index (χ3v) is 5.45. The number of hydrogen-bond acceptors (Lipinski definition) is 4. The van der Waals surface area contributed by atoms with E-state index in [1.165, 1.54) is 0 Å². The zero-order valence-corrected chi connectivity index (χ0v) is 21.6. The zero-order valence-electron chi connectivity index (χ0n) is 18.5. The lowest BCUT2D eigenvalue weighted by molar-refractivity contribution is -0.119. The van der Waals surface area contributed by atoms with Crippen molar-refractivity contribution in [2.24, 2.45) is 10.9 Å². The first-order valence-electron chi connectivity index (χ1n) is 10.3. The summed E-state index contributed by atoms with van der Waals surface area (Å²) in [6.45, 7) is 12.2. The number of aromatic nitrogens is 1. The molecule has 0 aliphatic carbocycles. The van der Waals surface area contributed by atoms with Gasteiger partial charge < -0.3 is 16.0 Å². The van der Waals surface area contributed by atoms with Crippen LogP contribution in [0.1, 0.15) is 63.2 Å². The molecule has 1 atom stereocenters. The number of amides is 1. The van der Waals surface area contributed by atoms with Crippen LogP contribution >= 0.6 is 35.3 Å². The fourth-order valence-corrected chi connectivity index (χ4v) is 3.44. The molecular formula is C22H34IN5OS. The van der Waals surface area contributed by atoms with E-state index in [0.29, 0.717) is 19.0 Å². The lowest BCUT2D eigenvalue weighted by atomic mass is 10.1. The molecule has 0 radical (unpaired) electrons. The normalized spacial score (nSPS) is 12.3. The second-order valence-corrected chi connectivity index (χ2v) is 8.31. The number of nitrogens with zero attached hydrogens (tertiary/aromatic N) is 2. The quantitative estimate of drug-likeness (QED) is 0.233. The van der Waals surface area contributed by atoms with E-state index in [-0.39, 0.29) is 35.8 Å². The number of thiazole rings is 1. The van der Waals surface area contributed by atoms with E-state index in [2.05, 4.69) is 45.2 Å². The Kier molecular flexibility index (Phi) is 11.9. The molecule has 0 spiro atoms. The molecule has 8 heteroatoms. The number of nitrogens with one attached hydrogen (secondary N) is 3. The highest BCUT2D eigenvalue weighted by Crippen LogP contribution is 2.17. The van der Waals surface area contributed by atoms with Crippen molar-refractivity contribution >= 4 is 52.9 Å². The van der Waals surface area contributed by atoms with Crippen LogP contribution in [0, 0.1) is 5.92 Å². The van der Waals surface area contributed by atoms with Crippen LogP contribution in [0.3, 0.4) is 0 Å². The van der Waals surface area contributed by atoms with E-state index in [1.807, 2.05) is 45.0 Å². The Bertz CT molecular complexity index is 821. The second kappa shape index (κ2) is 13.6. The van der Waals surface area contributed by atoms with E-state index in [4.69, 9.17) is 0 Å². The van der Waals surface area contributed by atoms with Gasteiger partial charge in [-0.25, -0.2) is 9.98 Å². The Morgan fingerprint density at radius 2 is 1.97 bits per heavy atom. The topological polar surface area (TPSA) is 78.4 Å². The number of carbonyl (C=O) groups excluding carboxylic acids is 1. The standard InChI is InChI=1S/C22H33N5OS.HI/c1-6-16(5)21(28)26-18-10-8-9-17(11-18)12-24-22(23-7-2)25-13-20-27-19(14-29-20)15(3)4;/h8-11,14-16H,6-7,12-13H2,1-5H3,(H,26,28)(H2,23,24,25);1H. The van der Waals surface area contributed by atoms with Gasteiger partial charge in [0.05, 0.1) is 18.8 Å². The average Bonchev–Trinajstić information content (AvgIpc) is 3.19. The summed E-state index contributed by atoms with van der Waals surface area (Å²) in [6, 6.07) is 7.84. The number of halogens is 1. The van der Waals surface area contributed by atoms with Gasteiger partial charge in [-0.1, -0.05) is 39.8 Å². The predicted octanol–water partition coefficient (Wildman–Crippen LogP) is 5.12. The van der Waals surface area contributed by atoms with Gasteiger partial charge in [-0.15, -0.1) is 35.3 Å². The monoisotopic (exact) mass is 543 g/mol. The van der Waals surface area contributed by atoms with Crippen molar-refractivity contribution in [1.82, 2.24) is 15.6 Å². The molecule has 0 saturated carbocycles. The number of aliphatic imine (C=N–C) groups is 1. The van der Waals surface area contributed by atoms with Gasteiger partial charge in [0.15, 0.2) is 5.96 Å². The Morgan fingerprint density at radius 3 is 2.60 bits per heavy atom. The summed E-state index contributed by atoms with van der Waals surface area (Å²) in [7, 11) is 0. The minimum Gasteiger partial charge on any atom is -0.357 e. The number of guanidine groups is 1. The molecule has 30 heavy (non-hydrogen) atoms. The van der Waals surface area contributed by atoms with Crippen LogP contribution in [-0.4, -0.2) is 23.4 Å². The van der Waals surface area contributed by atoms with Crippen LogP contribution < -0.4 is 16.0 Å². The van der Waals surface area contributed by atoms with Gasteiger partial charge in [-0.2, -0.15) is 0 Å². The van der Waals surface area contributed by atoms with Gasteiger partial charge in [0.2, 0.25) is 5.91 Å². The SMILES string of the molecule is CCNC(=NCc1cccc(NC(=O)C(C)CC)c1)NCc1nc(C(C)C)cs1.I. The minimum absolute atomic E-state index is 0. The maximum atomic E-state index is 12.1. The lowest BCUT2D eigenvalue weighted by Gasteiger charge is -2.12. The van der Waals surface area contributed by atoms with Crippen molar-refractivity contribution in [3.8, 4) is 0 Å². The molecule has 1 heterocycles. The van der Waals surface area contributed by atoms with Crippen LogP contribution in [-0.2, 0) is 17.9 Å². The first-order valence-corrected chi connectivity index (χ1v) is 11.2. The Hall–Kier alpha value is -1.68. The number of anilines is 1. The fourth-order valence-electron chi connectivity index (χ4n) is 2.54. The molecule has 0 bridgehead atoms. The summed E-state index contributed by atoms with van der Waals surface area (Å²) in [6.07, 6.45) is 0.825. The van der Waals surface area contributed by atoms with Gasteiger partial charge in [0.1, 0.15) is 5.01 Å². The highest BCUT2D eigenvalue weighted by atomic mass is 127. The molecule has 6 nitrogen and oxygen atoms in total. The molecular weight excluding hydrogens is 509 g/mol. The van der Waals surface area contributed by atoms with Crippen LogP contribution in [0.5, 0.6) is 0 Å². The van der Waals surface area contributed by atoms with Crippen LogP contribution in [0.25, 0.3) is 0 Å². The highest BCUT2D eigenvalue weighted by molar-refractivity contribution is 14.0. The zero-order chi connectivity index (χ0) is 21.2. The predicted molar refractivity (Wildman–Crippen MR) is 138 cm³/mol. The fraction of sp³-hybridized carbons (Fsp3) is 0.500. The summed E-state index contributed by atoms with van der Waals surface area (Å²) in [4.78, 5) is 21.4. The average molecular weight is 544 g/mol. The molecule has 0 aliphatic heterocycles. The first-order chi connectivity index (χ1) is 13.9. The molecule has 2 aromatic rings. The third kappa shape index (κ3) is 8.59. The Labute approximate surface area is 201 Å². The third-order valence-electron chi connectivity index (χ3n) is 4.59. The molecule has 1 aromatic carbocycles. The first kappa shape index (κ1) is 26.4. The van der Waals surface area contributed by atoms with E-state index in [1.54, 1.807) is 11.3 Å². The van der Waals surface area contributed by atoms with E-state index >= 15 is 0 Å². The van der Waals surface area contributed by atoms with Crippen molar-refractivity contribution in [2.45, 2.75) is 60.0 Å². The van der Waals surface area contributed by atoms with Crippen molar-refractivity contribution in [2.75, 3.05) is 11.9 Å². The van der Waals surface area contributed by atoms with Crippen LogP contribution in [0.15, 0.2) is 34.6 Å². The van der Waals surface area contributed by atoms with Crippen molar-refractivity contribution in [3.63, 3.8) is 0 Å². The Balaban J connectivity index is 0.00000450. The van der Waals surface area contributed by atoms with Gasteiger partial charge >= 0.3 is 0 Å². The molecule has 1 unspecified atom stereocenters. The Morgan fingerprint density at radius 1 is 1.20 bits per heavy atom. The molecule has 0 aliphatic rings. The molecule has 1 amide bonds. The smallest absolute Gasteiger partial charge is 0.227 e. The summed E-state index contributed by atoms with van der Waals surface area (Å²) >= 11 is 1.67. The van der Waals surface area contributed by atoms with Gasteiger partial charge in [0.25, 0.3) is 0 Å². The molecule has 0 saturated heterocycles. The molecule has 0 fully saturated rings. The van der Waals surface area contributed by atoms with E-state index in [0.717, 1.165) is 40.9 Å². The largest absolute Gasteiger partial charge is 0.357 e. The van der Waals surface area contributed by atoms with Crippen LogP contribution in [0.2, 0.25) is 0 Å². The summed E-state index contributed by atoms with van der Waals surface area (Å²) < 4.78 is 0.